The van der Waals surface area contributed by atoms with Gasteiger partial charge in [0, 0.05) is 25.3 Å². The lowest BCUT2D eigenvalue weighted by molar-refractivity contribution is -0.136. The molecular formula is C27H29N3O4S. The molecule has 0 N–H and O–H groups in total. The van der Waals surface area contributed by atoms with Gasteiger partial charge in [0.05, 0.1) is 29.0 Å². The molecule has 8 heteroatoms. The Kier molecular flexibility index (Phi) is 6.93. The molecule has 3 aromatic rings. The molecule has 2 heterocycles. The summed E-state index contributed by atoms with van der Waals surface area (Å²) in [6.07, 6.45) is 1.78. The van der Waals surface area contributed by atoms with E-state index in [0.717, 1.165) is 11.3 Å². The molecule has 1 atom stereocenters. The highest BCUT2D eigenvalue weighted by atomic mass is 32.1. The molecule has 1 aromatic heterocycles. The minimum atomic E-state index is -0.716. The number of allylic oxidation sites excluding steroid dienone is 1. The van der Waals surface area contributed by atoms with Crippen molar-refractivity contribution < 1.29 is 14.3 Å². The number of methoxy groups -OCH3 is 1. The number of ether oxygens (including phenoxy) is 2. The molecule has 0 radical (unpaired) electrons. The number of hydrogen-bond donors (Lipinski definition) is 0. The lowest BCUT2D eigenvalue weighted by Crippen LogP contribution is -2.40. The van der Waals surface area contributed by atoms with Crippen molar-refractivity contribution in [3.8, 4) is 5.75 Å². The summed E-state index contributed by atoms with van der Waals surface area (Å²) in [4.78, 5) is 33.8. The molecule has 0 fully saturated rings. The van der Waals surface area contributed by atoms with Crippen LogP contribution in [0.1, 0.15) is 37.9 Å². The van der Waals surface area contributed by atoms with Gasteiger partial charge in [-0.3, -0.25) is 9.36 Å². The summed E-state index contributed by atoms with van der Waals surface area (Å²) in [7, 11) is 5.29. The summed E-state index contributed by atoms with van der Waals surface area (Å²) in [5, 5.41) is 0. The van der Waals surface area contributed by atoms with Gasteiger partial charge in [-0.1, -0.05) is 41.7 Å². The molecule has 1 aliphatic rings. The van der Waals surface area contributed by atoms with Crippen LogP contribution in [0.4, 0.5) is 5.69 Å². The van der Waals surface area contributed by atoms with Crippen LogP contribution >= 0.6 is 11.3 Å². The summed E-state index contributed by atoms with van der Waals surface area (Å²) in [5.74, 6) is 0.0848. The number of thiazole rings is 1. The normalized spacial score (nSPS) is 15.6. The first-order valence-corrected chi connectivity index (χ1v) is 12.2. The molecule has 35 heavy (non-hydrogen) atoms. The van der Waals surface area contributed by atoms with Gasteiger partial charge in [-0.05, 0) is 50.6 Å². The van der Waals surface area contributed by atoms with Crippen molar-refractivity contribution >= 4 is 29.1 Å². The third-order valence-electron chi connectivity index (χ3n) is 5.71. The molecule has 0 amide bonds. The number of hydrogen-bond acceptors (Lipinski definition) is 7. The predicted molar refractivity (Wildman–Crippen MR) is 139 cm³/mol. The summed E-state index contributed by atoms with van der Waals surface area (Å²) in [5.41, 5.74) is 3.31. The zero-order valence-electron chi connectivity index (χ0n) is 20.7. The quantitative estimate of drug-likeness (QED) is 0.495. The minimum Gasteiger partial charge on any atom is -0.491 e. The van der Waals surface area contributed by atoms with E-state index in [-0.39, 0.29) is 11.7 Å². The Morgan fingerprint density at radius 2 is 1.83 bits per heavy atom. The highest BCUT2D eigenvalue weighted by molar-refractivity contribution is 7.07. The average molecular weight is 492 g/mol. The number of anilines is 1. The number of esters is 1. The lowest BCUT2D eigenvalue weighted by Gasteiger charge is -2.26. The van der Waals surface area contributed by atoms with Gasteiger partial charge >= 0.3 is 5.97 Å². The Morgan fingerprint density at radius 3 is 2.46 bits per heavy atom. The maximum atomic E-state index is 13.7. The van der Waals surface area contributed by atoms with Crippen molar-refractivity contribution in [3.05, 3.63) is 90.6 Å². The summed E-state index contributed by atoms with van der Waals surface area (Å²) < 4.78 is 13.3. The van der Waals surface area contributed by atoms with Gasteiger partial charge < -0.3 is 14.4 Å². The van der Waals surface area contributed by atoms with E-state index < -0.39 is 12.0 Å². The first-order chi connectivity index (χ1) is 16.7. The van der Waals surface area contributed by atoms with E-state index in [1.54, 1.807) is 11.5 Å². The second kappa shape index (κ2) is 9.92. The van der Waals surface area contributed by atoms with Crippen molar-refractivity contribution in [1.29, 1.82) is 0 Å². The van der Waals surface area contributed by atoms with Crippen LogP contribution in [0.25, 0.3) is 6.08 Å². The molecule has 2 aromatic carbocycles. The fourth-order valence-corrected chi connectivity index (χ4v) is 5.12. The van der Waals surface area contributed by atoms with E-state index in [2.05, 4.69) is 4.99 Å². The molecular weight excluding hydrogens is 462 g/mol. The Balaban J connectivity index is 1.94. The van der Waals surface area contributed by atoms with E-state index in [4.69, 9.17) is 9.47 Å². The van der Waals surface area contributed by atoms with E-state index in [1.165, 1.54) is 18.4 Å². The first kappa shape index (κ1) is 24.5. The molecule has 0 saturated heterocycles. The van der Waals surface area contributed by atoms with Crippen LogP contribution in [0.15, 0.2) is 69.6 Å². The fraction of sp³-hybridized carbons (Fsp3) is 0.296. The third-order valence-corrected chi connectivity index (χ3v) is 6.69. The van der Waals surface area contributed by atoms with Crippen molar-refractivity contribution in [2.75, 3.05) is 26.1 Å². The van der Waals surface area contributed by atoms with E-state index in [0.29, 0.717) is 31.9 Å². The number of carbonyl (C=O) groups excluding carboxylic acids is 1. The van der Waals surface area contributed by atoms with Gasteiger partial charge in [0.2, 0.25) is 0 Å². The molecule has 0 bridgehead atoms. The number of carbonyl (C=O) groups is 1. The third kappa shape index (κ3) is 4.79. The van der Waals surface area contributed by atoms with Gasteiger partial charge in [0.15, 0.2) is 4.80 Å². The second-order valence-electron chi connectivity index (χ2n) is 8.76. The minimum absolute atomic E-state index is 0.0798. The lowest BCUT2D eigenvalue weighted by atomic mass is 9.95. The predicted octanol–water partition coefficient (Wildman–Crippen LogP) is 3.26. The number of nitrogens with zero attached hydrogens (tertiary/aromatic N) is 3. The summed E-state index contributed by atoms with van der Waals surface area (Å²) in [6.45, 7) is 5.64. The van der Waals surface area contributed by atoms with E-state index in [9.17, 15) is 9.59 Å². The standard InChI is InChI=1S/C27H29N3O4S/c1-16(2)34-21-10-8-7-9-20(21)24-23(26(32)33-6)17(3)28-27-30(24)25(31)22(35-27)15-18-11-13-19(14-12-18)29(4)5/h7-16,24H,1-6H3. The van der Waals surface area contributed by atoms with Crippen LogP contribution in [-0.4, -0.2) is 37.8 Å². The van der Waals surface area contributed by atoms with Crippen molar-refractivity contribution in [2.24, 2.45) is 4.99 Å². The number of aromatic nitrogens is 1. The van der Waals surface area contributed by atoms with Crippen LogP contribution in [0.5, 0.6) is 5.75 Å². The first-order valence-electron chi connectivity index (χ1n) is 11.3. The Hall–Kier alpha value is -3.65. The molecule has 4 rings (SSSR count). The zero-order valence-corrected chi connectivity index (χ0v) is 21.6. The highest BCUT2D eigenvalue weighted by Crippen LogP contribution is 2.36. The maximum Gasteiger partial charge on any atom is 0.338 e. The Morgan fingerprint density at radius 1 is 1.14 bits per heavy atom. The molecule has 182 valence electrons. The molecule has 1 unspecified atom stereocenters. The number of fused-ring (bicyclic) bond motifs is 1. The second-order valence-corrected chi connectivity index (χ2v) is 9.77. The van der Waals surface area contributed by atoms with Crippen LogP contribution < -0.4 is 24.5 Å². The van der Waals surface area contributed by atoms with Crippen molar-refractivity contribution in [1.82, 2.24) is 4.57 Å². The SMILES string of the molecule is COC(=O)C1=C(C)N=c2sc(=Cc3ccc(N(C)C)cc3)c(=O)n2C1c1ccccc1OC(C)C. The average Bonchev–Trinajstić information content (AvgIpc) is 3.12. The van der Waals surface area contributed by atoms with Gasteiger partial charge in [-0.2, -0.15) is 0 Å². The number of benzene rings is 2. The molecule has 0 spiro atoms. The van der Waals surface area contributed by atoms with E-state index >= 15 is 0 Å². The number of para-hydroxylation sites is 1. The topological polar surface area (TPSA) is 73.1 Å². The van der Waals surface area contributed by atoms with Crippen LogP contribution in [0.3, 0.4) is 0 Å². The fourth-order valence-electron chi connectivity index (χ4n) is 4.07. The smallest absolute Gasteiger partial charge is 0.338 e. The van der Waals surface area contributed by atoms with Gasteiger partial charge in [-0.25, -0.2) is 9.79 Å². The Bertz CT molecular complexity index is 1460. The van der Waals surface area contributed by atoms with Crippen molar-refractivity contribution in [3.63, 3.8) is 0 Å². The van der Waals surface area contributed by atoms with Gasteiger partial charge in [0.25, 0.3) is 5.56 Å². The van der Waals surface area contributed by atoms with Gasteiger partial charge in [0.1, 0.15) is 11.8 Å². The van der Waals surface area contributed by atoms with Crippen LogP contribution in [0, 0.1) is 0 Å². The maximum absolute atomic E-state index is 13.7. The van der Waals surface area contributed by atoms with E-state index in [1.807, 2.05) is 87.4 Å². The van der Waals surface area contributed by atoms with Gasteiger partial charge in [-0.15, -0.1) is 0 Å². The molecule has 1 aliphatic heterocycles. The molecule has 0 aliphatic carbocycles. The summed E-state index contributed by atoms with van der Waals surface area (Å²) >= 11 is 1.30. The van der Waals surface area contributed by atoms with Crippen molar-refractivity contribution in [2.45, 2.75) is 32.9 Å². The molecule has 0 saturated carbocycles. The largest absolute Gasteiger partial charge is 0.491 e. The van der Waals surface area contributed by atoms with Crippen LogP contribution in [0.2, 0.25) is 0 Å². The highest BCUT2D eigenvalue weighted by Gasteiger charge is 2.34. The Labute approximate surface area is 208 Å². The zero-order chi connectivity index (χ0) is 25.3. The monoisotopic (exact) mass is 491 g/mol. The molecule has 7 nitrogen and oxygen atoms in total. The van der Waals surface area contributed by atoms with Crippen LogP contribution in [-0.2, 0) is 9.53 Å². The summed E-state index contributed by atoms with van der Waals surface area (Å²) in [6, 6.07) is 14.7. The number of rotatable bonds is 6.